The van der Waals surface area contributed by atoms with Crippen LogP contribution in [0.3, 0.4) is 0 Å². The molecule has 6 heteroatoms. The maximum atomic E-state index is 11.5. The maximum absolute atomic E-state index is 11.5. The molecule has 1 aliphatic rings. The lowest BCUT2D eigenvalue weighted by molar-refractivity contribution is 0.00588. The molecule has 0 spiro atoms. The third kappa shape index (κ3) is 1.67. The molecule has 1 N–H and O–H groups in total. The lowest BCUT2D eigenvalue weighted by Gasteiger charge is -2.35. The van der Waals surface area contributed by atoms with Gasteiger partial charge in [0.2, 0.25) is 0 Å². The number of amides is 1. The number of aliphatic hydroxyl groups excluding tert-OH is 1. The van der Waals surface area contributed by atoms with Gasteiger partial charge in [0.05, 0.1) is 12.3 Å². The normalized spacial score (nSPS) is 17.2. The number of carbonyl (C=O) groups excluding carboxylic acids is 1. The van der Waals surface area contributed by atoms with Gasteiger partial charge in [0.25, 0.3) is 5.91 Å². The molecule has 70 valence electrons. The molecule has 4 nitrogen and oxygen atoms in total. The zero-order valence-electron chi connectivity index (χ0n) is 6.61. The van der Waals surface area contributed by atoms with Gasteiger partial charge in [-0.05, 0) is 0 Å². The fourth-order valence-electron chi connectivity index (χ4n) is 1.11. The van der Waals surface area contributed by atoms with Gasteiger partial charge in [-0.15, -0.1) is 0 Å². The van der Waals surface area contributed by atoms with Gasteiger partial charge >= 0.3 is 0 Å². The molecule has 0 saturated carbocycles. The second-order valence-corrected chi connectivity index (χ2v) is 4.50. The summed E-state index contributed by atoms with van der Waals surface area (Å²) >= 11 is 6.79. The number of thiazole rings is 1. The molecule has 2 rings (SSSR count). The smallest absolute Gasteiger partial charge is 0.283 e. The lowest BCUT2D eigenvalue weighted by atomic mass is 10.2. The standard InChI is InChI=1S/C7H7ClN2O2S/c8-5-1-9-6(13-5)7(12)10-2-4(11)3-10/h1,4,11H,2-3H2. The average Bonchev–Trinajstić information content (AvgIpc) is 2.45. The Labute approximate surface area is 83.8 Å². The zero-order chi connectivity index (χ0) is 9.42. The summed E-state index contributed by atoms with van der Waals surface area (Å²) < 4.78 is 0.504. The van der Waals surface area contributed by atoms with Gasteiger partial charge in [-0.2, -0.15) is 0 Å². The largest absolute Gasteiger partial charge is 0.389 e. The molecule has 1 aromatic heterocycles. The van der Waals surface area contributed by atoms with Gasteiger partial charge in [-0.3, -0.25) is 4.79 Å². The predicted octanol–water partition coefficient (Wildman–Crippen LogP) is 0.613. The van der Waals surface area contributed by atoms with Crippen molar-refractivity contribution in [3.05, 3.63) is 15.5 Å². The molecule has 0 aromatic carbocycles. The molecular weight excluding hydrogens is 212 g/mol. The third-order valence-electron chi connectivity index (χ3n) is 1.81. The molecule has 13 heavy (non-hydrogen) atoms. The van der Waals surface area contributed by atoms with E-state index in [1.807, 2.05) is 0 Å². The van der Waals surface area contributed by atoms with Crippen LogP contribution in [0.2, 0.25) is 4.34 Å². The number of hydrogen-bond acceptors (Lipinski definition) is 4. The Hall–Kier alpha value is -0.650. The van der Waals surface area contributed by atoms with Crippen molar-refractivity contribution < 1.29 is 9.90 Å². The van der Waals surface area contributed by atoms with Crippen molar-refractivity contribution in [2.75, 3.05) is 13.1 Å². The molecule has 0 bridgehead atoms. The summed E-state index contributed by atoms with van der Waals surface area (Å²) in [6, 6.07) is 0. The summed E-state index contributed by atoms with van der Waals surface area (Å²) in [7, 11) is 0. The first kappa shape index (κ1) is 8.93. The monoisotopic (exact) mass is 218 g/mol. The van der Waals surface area contributed by atoms with E-state index in [0.717, 1.165) is 11.3 Å². The van der Waals surface area contributed by atoms with Crippen molar-refractivity contribution in [1.82, 2.24) is 9.88 Å². The van der Waals surface area contributed by atoms with Crippen molar-refractivity contribution in [1.29, 1.82) is 0 Å². The highest BCUT2D eigenvalue weighted by Crippen LogP contribution is 2.21. The number of rotatable bonds is 1. The summed E-state index contributed by atoms with van der Waals surface area (Å²) in [6.07, 6.45) is 1.08. The fourth-order valence-corrected chi connectivity index (χ4v) is 1.99. The highest BCUT2D eigenvalue weighted by Gasteiger charge is 2.30. The van der Waals surface area contributed by atoms with Crippen molar-refractivity contribution in [3.8, 4) is 0 Å². The Bertz CT molecular complexity index is 335. The van der Waals surface area contributed by atoms with E-state index in [4.69, 9.17) is 16.7 Å². The van der Waals surface area contributed by atoms with Crippen LogP contribution in [0.15, 0.2) is 6.20 Å². The number of halogens is 1. The molecule has 1 fully saturated rings. The van der Waals surface area contributed by atoms with E-state index in [1.54, 1.807) is 4.90 Å². The minimum absolute atomic E-state index is 0.151. The van der Waals surface area contributed by atoms with Crippen LogP contribution in [0, 0.1) is 0 Å². The first-order valence-corrected chi connectivity index (χ1v) is 4.95. The van der Waals surface area contributed by atoms with Crippen molar-refractivity contribution in [2.45, 2.75) is 6.10 Å². The summed E-state index contributed by atoms with van der Waals surface area (Å²) in [5, 5.41) is 9.37. The van der Waals surface area contributed by atoms with Crippen molar-refractivity contribution in [2.24, 2.45) is 0 Å². The van der Waals surface area contributed by atoms with E-state index < -0.39 is 0 Å². The molecular formula is C7H7ClN2O2S. The Kier molecular flexibility index (Phi) is 2.23. The minimum Gasteiger partial charge on any atom is -0.389 e. The summed E-state index contributed by atoms with van der Waals surface area (Å²) in [6.45, 7) is 0.798. The van der Waals surface area contributed by atoms with Crippen molar-refractivity contribution >= 4 is 28.8 Å². The Morgan fingerprint density at radius 3 is 2.92 bits per heavy atom. The first-order valence-electron chi connectivity index (χ1n) is 3.75. The number of likely N-dealkylation sites (tertiary alicyclic amines) is 1. The number of β-amino-alcohol motifs (C(OH)–C–C–N with tert-alkyl or cyclic N) is 1. The average molecular weight is 219 g/mol. The van der Waals surface area contributed by atoms with Crippen LogP contribution in [0.1, 0.15) is 9.80 Å². The van der Waals surface area contributed by atoms with Crippen LogP contribution >= 0.6 is 22.9 Å². The molecule has 0 radical (unpaired) electrons. The fraction of sp³-hybridized carbons (Fsp3) is 0.429. The molecule has 1 aliphatic heterocycles. The third-order valence-corrected chi connectivity index (χ3v) is 2.91. The Balaban J connectivity index is 2.06. The maximum Gasteiger partial charge on any atom is 0.283 e. The number of carbonyl (C=O) groups is 1. The van der Waals surface area contributed by atoms with Crippen LogP contribution in [-0.2, 0) is 0 Å². The van der Waals surface area contributed by atoms with Crippen LogP contribution in [-0.4, -0.2) is 40.1 Å². The summed E-state index contributed by atoms with van der Waals surface area (Å²) in [4.78, 5) is 16.9. The minimum atomic E-state index is -0.376. The van der Waals surface area contributed by atoms with Gasteiger partial charge in [0.15, 0.2) is 5.01 Å². The Morgan fingerprint density at radius 1 is 1.77 bits per heavy atom. The highest BCUT2D eigenvalue weighted by atomic mass is 35.5. The summed E-state index contributed by atoms with van der Waals surface area (Å²) in [5.74, 6) is -0.151. The topological polar surface area (TPSA) is 53.4 Å². The van der Waals surface area contributed by atoms with E-state index in [2.05, 4.69) is 4.98 Å². The van der Waals surface area contributed by atoms with Gasteiger partial charge in [-0.1, -0.05) is 22.9 Å². The molecule has 0 unspecified atom stereocenters. The van der Waals surface area contributed by atoms with E-state index in [-0.39, 0.29) is 12.0 Å². The van der Waals surface area contributed by atoms with Gasteiger partial charge < -0.3 is 10.0 Å². The van der Waals surface area contributed by atoms with Crippen LogP contribution in [0.4, 0.5) is 0 Å². The van der Waals surface area contributed by atoms with Gasteiger partial charge in [0, 0.05) is 13.1 Å². The zero-order valence-corrected chi connectivity index (χ0v) is 8.18. The Morgan fingerprint density at radius 2 is 2.46 bits per heavy atom. The van der Waals surface area contributed by atoms with E-state index in [0.29, 0.717) is 22.4 Å². The van der Waals surface area contributed by atoms with Crippen LogP contribution in [0.25, 0.3) is 0 Å². The van der Waals surface area contributed by atoms with E-state index in [9.17, 15) is 4.79 Å². The molecule has 1 amide bonds. The molecule has 1 saturated heterocycles. The lowest BCUT2D eigenvalue weighted by Crippen LogP contribution is -2.53. The first-order chi connectivity index (χ1) is 6.16. The van der Waals surface area contributed by atoms with Crippen LogP contribution in [0.5, 0.6) is 0 Å². The number of hydrogen-bond donors (Lipinski definition) is 1. The summed E-state index contributed by atoms with van der Waals surface area (Å²) in [5.41, 5.74) is 0. The molecule has 0 atom stereocenters. The number of nitrogens with zero attached hydrogens (tertiary/aromatic N) is 2. The number of aliphatic hydroxyl groups is 1. The van der Waals surface area contributed by atoms with Crippen LogP contribution < -0.4 is 0 Å². The second-order valence-electron chi connectivity index (χ2n) is 2.83. The van der Waals surface area contributed by atoms with Crippen molar-refractivity contribution in [3.63, 3.8) is 0 Å². The number of aromatic nitrogens is 1. The van der Waals surface area contributed by atoms with Gasteiger partial charge in [0.1, 0.15) is 4.34 Å². The van der Waals surface area contributed by atoms with E-state index in [1.165, 1.54) is 6.20 Å². The molecule has 0 aliphatic carbocycles. The van der Waals surface area contributed by atoms with Gasteiger partial charge in [-0.25, -0.2) is 4.98 Å². The molecule has 1 aromatic rings. The highest BCUT2D eigenvalue weighted by molar-refractivity contribution is 7.17. The SMILES string of the molecule is O=C(c1ncc(Cl)s1)N1CC(O)C1. The molecule has 2 heterocycles. The predicted molar refractivity (Wildman–Crippen MR) is 49.0 cm³/mol. The quantitative estimate of drug-likeness (QED) is 0.752. The van der Waals surface area contributed by atoms with E-state index >= 15 is 0 Å². The second kappa shape index (κ2) is 3.25.